The molecule has 16 heavy (non-hydrogen) atoms. The van der Waals surface area contributed by atoms with Gasteiger partial charge in [0.2, 0.25) is 0 Å². The standard InChI is InChI=1S/C11H18N2O3/c1-3-9(14)5-4-6-13-8-7-12(2)10(15)11(13)16/h7-9,14H,3-6H2,1-2H3. The molecule has 5 heteroatoms. The molecule has 0 saturated heterocycles. The van der Waals surface area contributed by atoms with Gasteiger partial charge >= 0.3 is 11.1 Å². The van der Waals surface area contributed by atoms with Crippen LogP contribution in [-0.2, 0) is 13.6 Å². The van der Waals surface area contributed by atoms with Crippen molar-refractivity contribution >= 4 is 0 Å². The number of aryl methyl sites for hydroxylation is 2. The molecule has 0 radical (unpaired) electrons. The SMILES string of the molecule is CCC(O)CCCn1ccn(C)c(=O)c1=O. The zero-order valence-corrected chi connectivity index (χ0v) is 9.72. The van der Waals surface area contributed by atoms with Crippen molar-refractivity contribution in [2.75, 3.05) is 0 Å². The van der Waals surface area contributed by atoms with Crippen LogP contribution in [0.5, 0.6) is 0 Å². The second-order valence-corrected chi connectivity index (χ2v) is 3.92. The molecular weight excluding hydrogens is 208 g/mol. The number of aliphatic hydroxyl groups is 1. The van der Waals surface area contributed by atoms with Crippen LogP contribution in [0.3, 0.4) is 0 Å². The molecule has 0 fully saturated rings. The molecule has 90 valence electrons. The summed E-state index contributed by atoms with van der Waals surface area (Å²) in [5.74, 6) is 0. The lowest BCUT2D eigenvalue weighted by Gasteiger charge is -2.08. The summed E-state index contributed by atoms with van der Waals surface area (Å²) in [6.45, 7) is 2.39. The van der Waals surface area contributed by atoms with E-state index < -0.39 is 11.1 Å². The van der Waals surface area contributed by atoms with Gasteiger partial charge in [-0.2, -0.15) is 0 Å². The van der Waals surface area contributed by atoms with E-state index >= 15 is 0 Å². The van der Waals surface area contributed by atoms with E-state index in [4.69, 9.17) is 0 Å². The molecule has 0 saturated carbocycles. The molecule has 0 aliphatic heterocycles. The molecule has 1 N–H and O–H groups in total. The van der Waals surface area contributed by atoms with Gasteiger partial charge in [-0.15, -0.1) is 0 Å². The molecule has 1 rings (SSSR count). The van der Waals surface area contributed by atoms with Gasteiger partial charge in [-0.05, 0) is 19.3 Å². The molecule has 1 aromatic heterocycles. The second kappa shape index (κ2) is 5.65. The number of hydrogen-bond acceptors (Lipinski definition) is 3. The van der Waals surface area contributed by atoms with E-state index in [-0.39, 0.29) is 6.10 Å². The Labute approximate surface area is 94.0 Å². The molecule has 0 aliphatic carbocycles. The maximum atomic E-state index is 11.5. The van der Waals surface area contributed by atoms with Gasteiger partial charge in [0.25, 0.3) is 0 Å². The molecule has 1 unspecified atom stereocenters. The first-order chi connectivity index (χ1) is 7.56. The molecule has 0 amide bonds. The van der Waals surface area contributed by atoms with Crippen LogP contribution >= 0.6 is 0 Å². The van der Waals surface area contributed by atoms with Gasteiger partial charge in [-0.1, -0.05) is 6.92 Å². The fourth-order valence-electron chi connectivity index (χ4n) is 1.47. The first-order valence-electron chi connectivity index (χ1n) is 5.50. The summed E-state index contributed by atoms with van der Waals surface area (Å²) in [7, 11) is 1.55. The second-order valence-electron chi connectivity index (χ2n) is 3.92. The minimum absolute atomic E-state index is 0.317. The Morgan fingerprint density at radius 3 is 2.62 bits per heavy atom. The largest absolute Gasteiger partial charge is 0.393 e. The fourth-order valence-corrected chi connectivity index (χ4v) is 1.47. The first-order valence-corrected chi connectivity index (χ1v) is 5.50. The van der Waals surface area contributed by atoms with Crippen molar-refractivity contribution in [3.8, 4) is 0 Å². The fraction of sp³-hybridized carbons (Fsp3) is 0.636. The zero-order chi connectivity index (χ0) is 12.1. The number of hydrogen-bond donors (Lipinski definition) is 1. The molecule has 1 aromatic rings. The van der Waals surface area contributed by atoms with Crippen LogP contribution in [0.25, 0.3) is 0 Å². The van der Waals surface area contributed by atoms with Gasteiger partial charge in [-0.25, -0.2) is 0 Å². The molecule has 0 bridgehead atoms. The minimum atomic E-state index is -0.515. The van der Waals surface area contributed by atoms with Gasteiger partial charge < -0.3 is 14.2 Å². The Morgan fingerprint density at radius 1 is 1.31 bits per heavy atom. The molecule has 0 spiro atoms. The lowest BCUT2D eigenvalue weighted by molar-refractivity contribution is 0.155. The van der Waals surface area contributed by atoms with Gasteiger partial charge in [0.1, 0.15) is 0 Å². The van der Waals surface area contributed by atoms with Gasteiger partial charge in [0.15, 0.2) is 0 Å². The average molecular weight is 226 g/mol. The summed E-state index contributed by atoms with van der Waals surface area (Å²) < 4.78 is 2.66. The number of nitrogens with zero attached hydrogens (tertiary/aromatic N) is 2. The van der Waals surface area contributed by atoms with E-state index in [9.17, 15) is 14.7 Å². The molecule has 0 aliphatic rings. The van der Waals surface area contributed by atoms with Crippen LogP contribution < -0.4 is 11.1 Å². The van der Waals surface area contributed by atoms with Crippen LogP contribution in [-0.4, -0.2) is 20.3 Å². The van der Waals surface area contributed by atoms with Gasteiger partial charge in [0, 0.05) is 26.0 Å². The quantitative estimate of drug-likeness (QED) is 0.724. The lowest BCUT2D eigenvalue weighted by Crippen LogP contribution is -2.39. The van der Waals surface area contributed by atoms with Crippen LogP contribution in [0.4, 0.5) is 0 Å². The highest BCUT2D eigenvalue weighted by Crippen LogP contribution is 2.01. The molecule has 0 aromatic carbocycles. The number of rotatable bonds is 5. The number of aromatic nitrogens is 2. The summed E-state index contributed by atoms with van der Waals surface area (Å²) in [5.41, 5.74) is -1.02. The highest BCUT2D eigenvalue weighted by atomic mass is 16.3. The summed E-state index contributed by atoms with van der Waals surface area (Å²) in [6, 6.07) is 0. The van der Waals surface area contributed by atoms with Crippen molar-refractivity contribution < 1.29 is 5.11 Å². The third-order valence-corrected chi connectivity index (χ3v) is 2.64. The van der Waals surface area contributed by atoms with Gasteiger partial charge in [0.05, 0.1) is 6.10 Å². The van der Waals surface area contributed by atoms with Crippen molar-refractivity contribution in [1.29, 1.82) is 0 Å². The van der Waals surface area contributed by atoms with Crippen molar-refractivity contribution in [1.82, 2.24) is 9.13 Å². The van der Waals surface area contributed by atoms with E-state index in [0.717, 1.165) is 0 Å². The highest BCUT2D eigenvalue weighted by molar-refractivity contribution is 4.84. The maximum absolute atomic E-state index is 11.5. The third-order valence-electron chi connectivity index (χ3n) is 2.64. The van der Waals surface area contributed by atoms with Crippen LogP contribution in [0.1, 0.15) is 26.2 Å². The normalized spacial score (nSPS) is 12.7. The van der Waals surface area contributed by atoms with Crippen molar-refractivity contribution in [2.45, 2.75) is 38.8 Å². The van der Waals surface area contributed by atoms with Crippen LogP contribution in [0.2, 0.25) is 0 Å². The van der Waals surface area contributed by atoms with E-state index in [1.807, 2.05) is 6.92 Å². The van der Waals surface area contributed by atoms with Crippen LogP contribution in [0, 0.1) is 0 Å². The molecular formula is C11H18N2O3. The summed E-state index contributed by atoms with van der Waals surface area (Å²) >= 11 is 0. The summed E-state index contributed by atoms with van der Waals surface area (Å²) in [4.78, 5) is 22.8. The van der Waals surface area contributed by atoms with E-state index in [0.29, 0.717) is 25.8 Å². The van der Waals surface area contributed by atoms with E-state index in [1.165, 1.54) is 9.13 Å². The zero-order valence-electron chi connectivity index (χ0n) is 9.72. The predicted octanol–water partition coefficient (Wildman–Crippen LogP) is 0.0981. The van der Waals surface area contributed by atoms with Crippen molar-refractivity contribution in [3.05, 3.63) is 33.1 Å². The monoisotopic (exact) mass is 226 g/mol. The Bertz CT molecular complexity index is 447. The topological polar surface area (TPSA) is 64.2 Å². The van der Waals surface area contributed by atoms with Crippen molar-refractivity contribution in [3.63, 3.8) is 0 Å². The van der Waals surface area contributed by atoms with Gasteiger partial charge in [-0.3, -0.25) is 9.59 Å². The maximum Gasteiger partial charge on any atom is 0.316 e. The third kappa shape index (κ3) is 3.06. The Balaban J connectivity index is 2.66. The average Bonchev–Trinajstić information content (AvgIpc) is 2.29. The Hall–Kier alpha value is -1.36. The summed E-state index contributed by atoms with van der Waals surface area (Å²) in [6.07, 6.45) is 4.91. The van der Waals surface area contributed by atoms with E-state index in [1.54, 1.807) is 19.4 Å². The highest BCUT2D eigenvalue weighted by Gasteiger charge is 2.04. The predicted molar refractivity (Wildman–Crippen MR) is 61.5 cm³/mol. The minimum Gasteiger partial charge on any atom is -0.393 e. The molecule has 5 nitrogen and oxygen atoms in total. The smallest absolute Gasteiger partial charge is 0.316 e. The summed E-state index contributed by atoms with van der Waals surface area (Å²) in [5, 5.41) is 9.35. The Morgan fingerprint density at radius 2 is 2.00 bits per heavy atom. The first kappa shape index (κ1) is 12.7. The molecule has 1 atom stereocenters. The number of aliphatic hydroxyl groups excluding tert-OH is 1. The molecule has 1 heterocycles. The van der Waals surface area contributed by atoms with E-state index in [2.05, 4.69) is 0 Å². The van der Waals surface area contributed by atoms with Crippen molar-refractivity contribution in [2.24, 2.45) is 7.05 Å². The lowest BCUT2D eigenvalue weighted by atomic mass is 10.1. The Kier molecular flexibility index (Phi) is 4.49. The van der Waals surface area contributed by atoms with Crippen LogP contribution in [0.15, 0.2) is 22.0 Å².